The Balaban J connectivity index is 1.73. The third kappa shape index (κ3) is 6.13. The number of hydrogen-bond acceptors (Lipinski definition) is 4. The van der Waals surface area contributed by atoms with E-state index in [-0.39, 0.29) is 18.4 Å². The molecular weight excluding hydrogens is 304 g/mol. The van der Waals surface area contributed by atoms with E-state index in [4.69, 9.17) is 4.74 Å². The van der Waals surface area contributed by atoms with Gasteiger partial charge in [-0.15, -0.1) is 0 Å². The summed E-state index contributed by atoms with van der Waals surface area (Å²) in [4.78, 5) is 14.3. The molecule has 1 saturated heterocycles. The van der Waals surface area contributed by atoms with E-state index in [1.54, 1.807) is 0 Å². The number of aliphatic hydroxyl groups excluding tert-OH is 1. The SMILES string of the molecule is CCCNC(=O)C1CCCN(CC(O)COc2ccc(C)cc2)C1. The normalized spacial score (nSPS) is 19.7. The van der Waals surface area contributed by atoms with Crippen molar-refractivity contribution in [2.24, 2.45) is 5.92 Å². The zero-order valence-corrected chi connectivity index (χ0v) is 14.8. The average molecular weight is 334 g/mol. The maximum atomic E-state index is 12.1. The third-order valence-corrected chi connectivity index (χ3v) is 4.36. The lowest BCUT2D eigenvalue weighted by Gasteiger charge is -2.33. The first-order chi connectivity index (χ1) is 11.6. The molecule has 5 heteroatoms. The van der Waals surface area contributed by atoms with Gasteiger partial charge in [-0.1, -0.05) is 24.6 Å². The van der Waals surface area contributed by atoms with Gasteiger partial charge in [-0.25, -0.2) is 0 Å². The lowest BCUT2D eigenvalue weighted by molar-refractivity contribution is -0.126. The molecular formula is C19H30N2O3. The molecule has 1 aromatic rings. The van der Waals surface area contributed by atoms with E-state index < -0.39 is 6.10 Å². The Kier molecular flexibility index (Phi) is 7.53. The first kappa shape index (κ1) is 18.7. The second kappa shape index (κ2) is 9.64. The molecule has 134 valence electrons. The molecule has 1 aliphatic heterocycles. The number of carbonyl (C=O) groups is 1. The van der Waals surface area contributed by atoms with Crippen LogP contribution in [-0.4, -0.2) is 54.8 Å². The predicted molar refractivity (Wildman–Crippen MR) is 95.1 cm³/mol. The lowest BCUT2D eigenvalue weighted by Crippen LogP contribution is -2.46. The highest BCUT2D eigenvalue weighted by atomic mass is 16.5. The number of piperidine rings is 1. The molecule has 1 aliphatic rings. The molecule has 2 atom stereocenters. The van der Waals surface area contributed by atoms with Crippen LogP contribution in [0.3, 0.4) is 0 Å². The van der Waals surface area contributed by atoms with Crippen LogP contribution in [0.2, 0.25) is 0 Å². The summed E-state index contributed by atoms with van der Waals surface area (Å²) in [6.45, 7) is 7.29. The van der Waals surface area contributed by atoms with E-state index in [1.165, 1.54) is 5.56 Å². The Morgan fingerprint density at radius 3 is 2.88 bits per heavy atom. The number of aryl methyl sites for hydroxylation is 1. The van der Waals surface area contributed by atoms with Crippen LogP contribution in [0, 0.1) is 12.8 Å². The van der Waals surface area contributed by atoms with Crippen LogP contribution in [0.4, 0.5) is 0 Å². The van der Waals surface area contributed by atoms with Crippen molar-refractivity contribution in [3.05, 3.63) is 29.8 Å². The summed E-state index contributed by atoms with van der Waals surface area (Å²) in [5, 5.41) is 13.2. The van der Waals surface area contributed by atoms with Gasteiger partial charge in [0.2, 0.25) is 5.91 Å². The molecule has 5 nitrogen and oxygen atoms in total. The minimum atomic E-state index is -0.552. The van der Waals surface area contributed by atoms with Gasteiger partial charge >= 0.3 is 0 Å². The summed E-state index contributed by atoms with van der Waals surface area (Å²) < 4.78 is 5.64. The molecule has 2 unspecified atom stereocenters. The van der Waals surface area contributed by atoms with E-state index in [9.17, 15) is 9.90 Å². The summed E-state index contributed by atoms with van der Waals surface area (Å²) in [6, 6.07) is 7.81. The summed E-state index contributed by atoms with van der Waals surface area (Å²) >= 11 is 0. The summed E-state index contributed by atoms with van der Waals surface area (Å²) in [7, 11) is 0. The fourth-order valence-corrected chi connectivity index (χ4v) is 3.01. The average Bonchev–Trinajstić information content (AvgIpc) is 2.59. The number of nitrogens with zero attached hydrogens (tertiary/aromatic N) is 1. The summed E-state index contributed by atoms with van der Waals surface area (Å²) in [5.74, 6) is 0.956. The van der Waals surface area contributed by atoms with Crippen molar-refractivity contribution in [1.29, 1.82) is 0 Å². The molecule has 0 aliphatic carbocycles. The van der Waals surface area contributed by atoms with E-state index >= 15 is 0 Å². The highest BCUT2D eigenvalue weighted by Gasteiger charge is 2.26. The van der Waals surface area contributed by atoms with E-state index in [2.05, 4.69) is 17.1 Å². The summed E-state index contributed by atoms with van der Waals surface area (Å²) in [5.41, 5.74) is 1.18. The molecule has 1 aromatic carbocycles. The topological polar surface area (TPSA) is 61.8 Å². The predicted octanol–water partition coefficient (Wildman–Crippen LogP) is 1.97. The number of aliphatic hydroxyl groups is 1. The number of ether oxygens (including phenoxy) is 1. The number of carbonyl (C=O) groups excluding carboxylic acids is 1. The standard InChI is InChI=1S/C19H30N2O3/c1-3-10-20-19(23)16-5-4-11-21(12-16)13-17(22)14-24-18-8-6-15(2)7-9-18/h6-9,16-17,22H,3-5,10-14H2,1-2H3,(H,20,23). The van der Waals surface area contributed by atoms with Gasteiger partial charge in [0.05, 0.1) is 5.92 Å². The molecule has 2 rings (SSSR count). The number of amides is 1. The molecule has 0 bridgehead atoms. The Morgan fingerprint density at radius 2 is 2.17 bits per heavy atom. The van der Waals surface area contributed by atoms with Crippen LogP contribution in [0.15, 0.2) is 24.3 Å². The quantitative estimate of drug-likeness (QED) is 0.763. The first-order valence-electron chi connectivity index (χ1n) is 8.96. The van der Waals surface area contributed by atoms with Gasteiger partial charge in [0.15, 0.2) is 0 Å². The van der Waals surface area contributed by atoms with E-state index in [0.717, 1.165) is 44.6 Å². The second-order valence-electron chi connectivity index (χ2n) is 6.67. The monoisotopic (exact) mass is 334 g/mol. The van der Waals surface area contributed by atoms with Crippen LogP contribution in [0.25, 0.3) is 0 Å². The molecule has 0 aromatic heterocycles. The zero-order valence-electron chi connectivity index (χ0n) is 14.8. The van der Waals surface area contributed by atoms with Crippen molar-refractivity contribution in [2.75, 3.05) is 32.8 Å². The molecule has 2 N–H and O–H groups in total. The number of rotatable bonds is 8. The smallest absolute Gasteiger partial charge is 0.224 e. The Labute approximate surface area is 145 Å². The third-order valence-electron chi connectivity index (χ3n) is 4.36. The van der Waals surface area contributed by atoms with Gasteiger partial charge in [-0.3, -0.25) is 9.69 Å². The van der Waals surface area contributed by atoms with Gasteiger partial charge in [0.1, 0.15) is 18.5 Å². The Hall–Kier alpha value is -1.59. The van der Waals surface area contributed by atoms with Crippen molar-refractivity contribution >= 4 is 5.91 Å². The van der Waals surface area contributed by atoms with Crippen molar-refractivity contribution in [2.45, 2.75) is 39.2 Å². The molecule has 24 heavy (non-hydrogen) atoms. The number of benzene rings is 1. The van der Waals surface area contributed by atoms with Crippen molar-refractivity contribution < 1.29 is 14.6 Å². The maximum Gasteiger partial charge on any atom is 0.224 e. The van der Waals surface area contributed by atoms with Crippen molar-refractivity contribution in [3.8, 4) is 5.75 Å². The molecule has 1 amide bonds. The summed E-state index contributed by atoms with van der Waals surface area (Å²) in [6.07, 6.45) is 2.33. The highest BCUT2D eigenvalue weighted by molar-refractivity contribution is 5.78. The molecule has 0 spiro atoms. The van der Waals surface area contributed by atoms with Crippen molar-refractivity contribution in [1.82, 2.24) is 10.2 Å². The second-order valence-corrected chi connectivity index (χ2v) is 6.67. The van der Waals surface area contributed by atoms with Gasteiger partial charge in [0.25, 0.3) is 0 Å². The fraction of sp³-hybridized carbons (Fsp3) is 0.632. The van der Waals surface area contributed by atoms with Gasteiger partial charge in [-0.05, 0) is 44.9 Å². The van der Waals surface area contributed by atoms with Crippen LogP contribution in [0.1, 0.15) is 31.7 Å². The van der Waals surface area contributed by atoms with Crippen LogP contribution in [0.5, 0.6) is 5.75 Å². The first-order valence-corrected chi connectivity index (χ1v) is 8.96. The van der Waals surface area contributed by atoms with Gasteiger partial charge in [0, 0.05) is 19.6 Å². The molecule has 1 heterocycles. The molecule has 1 fully saturated rings. The Bertz CT molecular complexity index is 504. The Morgan fingerprint density at radius 1 is 1.42 bits per heavy atom. The van der Waals surface area contributed by atoms with Crippen molar-refractivity contribution in [3.63, 3.8) is 0 Å². The highest BCUT2D eigenvalue weighted by Crippen LogP contribution is 2.17. The largest absolute Gasteiger partial charge is 0.491 e. The zero-order chi connectivity index (χ0) is 17.4. The van der Waals surface area contributed by atoms with E-state index in [0.29, 0.717) is 6.54 Å². The molecule has 0 radical (unpaired) electrons. The molecule has 0 saturated carbocycles. The number of hydrogen-bond donors (Lipinski definition) is 2. The minimum absolute atomic E-state index is 0.0375. The van der Waals surface area contributed by atoms with Crippen LogP contribution in [-0.2, 0) is 4.79 Å². The van der Waals surface area contributed by atoms with Gasteiger partial charge < -0.3 is 15.2 Å². The van der Waals surface area contributed by atoms with E-state index in [1.807, 2.05) is 31.2 Å². The fourth-order valence-electron chi connectivity index (χ4n) is 3.01. The van der Waals surface area contributed by atoms with Gasteiger partial charge in [-0.2, -0.15) is 0 Å². The minimum Gasteiger partial charge on any atom is -0.491 e. The van der Waals surface area contributed by atoms with Crippen LogP contribution < -0.4 is 10.1 Å². The lowest BCUT2D eigenvalue weighted by atomic mass is 9.97. The van der Waals surface area contributed by atoms with Crippen LogP contribution >= 0.6 is 0 Å². The number of nitrogens with one attached hydrogen (secondary N) is 1. The number of β-amino-alcohol motifs (C(OH)–C–C–N with tert-alkyl or cyclic N) is 1. The number of likely N-dealkylation sites (tertiary alicyclic amines) is 1. The maximum absolute atomic E-state index is 12.1.